The third-order valence-corrected chi connectivity index (χ3v) is 3.53. The Morgan fingerprint density at radius 1 is 1.17 bits per heavy atom. The molecule has 2 nitrogen and oxygen atoms in total. The third-order valence-electron chi connectivity index (χ3n) is 3.53. The number of ether oxygens (including phenoxy) is 1. The van der Waals surface area contributed by atoms with E-state index in [4.69, 9.17) is 4.74 Å². The predicted molar refractivity (Wildman–Crippen MR) is 71.6 cm³/mol. The van der Waals surface area contributed by atoms with Gasteiger partial charge in [-0.2, -0.15) is 0 Å². The highest BCUT2D eigenvalue weighted by atomic mass is 16.5. The van der Waals surface area contributed by atoms with Crippen LogP contribution in [0.15, 0.2) is 42.5 Å². The second-order valence-electron chi connectivity index (χ2n) is 4.78. The fourth-order valence-corrected chi connectivity index (χ4v) is 2.58. The number of hydrogen-bond donors (Lipinski definition) is 0. The highest BCUT2D eigenvalue weighted by molar-refractivity contribution is 5.92. The Hall–Kier alpha value is -1.67. The Morgan fingerprint density at radius 3 is 2.83 bits per heavy atom. The van der Waals surface area contributed by atoms with Crippen molar-refractivity contribution in [2.45, 2.75) is 25.4 Å². The van der Waals surface area contributed by atoms with Gasteiger partial charge in [0.1, 0.15) is 6.10 Å². The standard InChI is InChI=1S/C16H16O2/c17-15(16-9-4-10-18-16)11-13-7-3-6-12-5-1-2-8-14(12)13/h1-3,5-8,16H,4,9-11H2. The quantitative estimate of drug-likeness (QED) is 0.824. The molecule has 1 atom stereocenters. The van der Waals surface area contributed by atoms with Crippen molar-refractivity contribution in [3.05, 3.63) is 48.0 Å². The van der Waals surface area contributed by atoms with Crippen LogP contribution in [0.1, 0.15) is 18.4 Å². The van der Waals surface area contributed by atoms with Crippen molar-refractivity contribution in [2.75, 3.05) is 6.61 Å². The predicted octanol–water partition coefficient (Wildman–Crippen LogP) is 3.13. The highest BCUT2D eigenvalue weighted by Crippen LogP contribution is 2.21. The molecule has 2 heteroatoms. The number of rotatable bonds is 3. The third kappa shape index (κ3) is 2.16. The molecule has 0 bridgehead atoms. The van der Waals surface area contributed by atoms with E-state index in [0.717, 1.165) is 25.0 Å². The van der Waals surface area contributed by atoms with Crippen LogP contribution in [0, 0.1) is 0 Å². The summed E-state index contributed by atoms with van der Waals surface area (Å²) in [4.78, 5) is 12.1. The van der Waals surface area contributed by atoms with Crippen molar-refractivity contribution in [1.82, 2.24) is 0 Å². The number of Topliss-reactive ketones (excluding diaryl/α,β-unsaturated/α-hetero) is 1. The number of carbonyl (C=O) groups excluding carboxylic acids is 1. The van der Waals surface area contributed by atoms with E-state index < -0.39 is 0 Å². The van der Waals surface area contributed by atoms with E-state index in [1.165, 1.54) is 10.8 Å². The lowest BCUT2D eigenvalue weighted by molar-refractivity contribution is -0.127. The molecule has 1 heterocycles. The van der Waals surface area contributed by atoms with E-state index in [0.29, 0.717) is 6.42 Å². The second kappa shape index (κ2) is 4.91. The van der Waals surface area contributed by atoms with Gasteiger partial charge in [0.2, 0.25) is 0 Å². The van der Waals surface area contributed by atoms with Gasteiger partial charge in [-0.05, 0) is 29.2 Å². The first-order chi connectivity index (χ1) is 8.84. The monoisotopic (exact) mass is 240 g/mol. The van der Waals surface area contributed by atoms with Gasteiger partial charge in [-0.1, -0.05) is 42.5 Å². The molecule has 0 N–H and O–H groups in total. The molecule has 0 radical (unpaired) electrons. The zero-order valence-electron chi connectivity index (χ0n) is 10.3. The average Bonchev–Trinajstić information content (AvgIpc) is 2.93. The Kier molecular flexibility index (Phi) is 3.11. The first-order valence-corrected chi connectivity index (χ1v) is 6.45. The maximum absolute atomic E-state index is 12.1. The van der Waals surface area contributed by atoms with Crippen LogP contribution < -0.4 is 0 Å². The molecule has 1 unspecified atom stereocenters. The molecule has 1 aliphatic rings. The summed E-state index contributed by atoms with van der Waals surface area (Å²) in [6.45, 7) is 0.728. The van der Waals surface area contributed by atoms with Gasteiger partial charge in [0, 0.05) is 13.0 Å². The fraction of sp³-hybridized carbons (Fsp3) is 0.312. The van der Waals surface area contributed by atoms with Crippen LogP contribution in [0.2, 0.25) is 0 Å². The van der Waals surface area contributed by atoms with Gasteiger partial charge < -0.3 is 4.74 Å². The van der Waals surface area contributed by atoms with Gasteiger partial charge in [-0.15, -0.1) is 0 Å². The minimum atomic E-state index is -0.177. The van der Waals surface area contributed by atoms with Crippen LogP contribution in [-0.2, 0) is 16.0 Å². The topological polar surface area (TPSA) is 26.3 Å². The summed E-state index contributed by atoms with van der Waals surface area (Å²) in [6.07, 6.45) is 2.19. The van der Waals surface area contributed by atoms with Gasteiger partial charge in [0.25, 0.3) is 0 Å². The first kappa shape index (κ1) is 11.4. The summed E-state index contributed by atoms with van der Waals surface area (Å²) >= 11 is 0. The molecule has 0 amide bonds. The van der Waals surface area contributed by atoms with Gasteiger partial charge in [0.05, 0.1) is 0 Å². The van der Waals surface area contributed by atoms with Crippen molar-refractivity contribution in [3.8, 4) is 0 Å². The molecule has 0 saturated carbocycles. The molecule has 0 aliphatic carbocycles. The number of carbonyl (C=O) groups is 1. The van der Waals surface area contributed by atoms with Crippen LogP contribution in [0.5, 0.6) is 0 Å². The summed E-state index contributed by atoms with van der Waals surface area (Å²) in [7, 11) is 0. The van der Waals surface area contributed by atoms with Gasteiger partial charge >= 0.3 is 0 Å². The van der Waals surface area contributed by atoms with E-state index in [2.05, 4.69) is 18.2 Å². The van der Waals surface area contributed by atoms with Crippen molar-refractivity contribution in [3.63, 3.8) is 0 Å². The lowest BCUT2D eigenvalue weighted by atomic mass is 9.98. The Labute approximate surface area is 107 Å². The molecule has 1 fully saturated rings. The summed E-state index contributed by atoms with van der Waals surface area (Å²) < 4.78 is 5.45. The molecular weight excluding hydrogens is 224 g/mol. The Balaban J connectivity index is 1.88. The molecule has 0 spiro atoms. The van der Waals surface area contributed by atoms with E-state index in [1.807, 2.05) is 24.3 Å². The second-order valence-corrected chi connectivity index (χ2v) is 4.78. The molecule has 2 aromatic rings. The maximum Gasteiger partial charge on any atom is 0.165 e. The molecule has 0 aromatic heterocycles. The lowest BCUT2D eigenvalue weighted by Gasteiger charge is -2.10. The normalized spacial score (nSPS) is 19.2. The number of benzene rings is 2. The van der Waals surface area contributed by atoms with Crippen LogP contribution in [0.25, 0.3) is 10.8 Å². The average molecular weight is 240 g/mol. The summed E-state index contributed by atoms with van der Waals surface area (Å²) in [5.41, 5.74) is 1.11. The smallest absolute Gasteiger partial charge is 0.165 e. The van der Waals surface area contributed by atoms with E-state index in [-0.39, 0.29) is 11.9 Å². The number of fused-ring (bicyclic) bond motifs is 1. The Bertz CT molecular complexity index is 563. The molecule has 18 heavy (non-hydrogen) atoms. The van der Waals surface area contributed by atoms with Crippen molar-refractivity contribution in [1.29, 1.82) is 0 Å². The summed E-state index contributed by atoms with van der Waals surface area (Å²) in [5, 5.41) is 2.36. The fourth-order valence-electron chi connectivity index (χ4n) is 2.58. The van der Waals surface area contributed by atoms with Crippen molar-refractivity contribution < 1.29 is 9.53 Å². The van der Waals surface area contributed by atoms with Crippen molar-refractivity contribution in [2.24, 2.45) is 0 Å². The zero-order chi connectivity index (χ0) is 12.4. The van der Waals surface area contributed by atoms with E-state index >= 15 is 0 Å². The molecule has 1 saturated heterocycles. The van der Waals surface area contributed by atoms with Crippen LogP contribution >= 0.6 is 0 Å². The minimum Gasteiger partial charge on any atom is -0.370 e. The maximum atomic E-state index is 12.1. The molecule has 1 aliphatic heterocycles. The molecule has 2 aromatic carbocycles. The summed E-state index contributed by atoms with van der Waals surface area (Å²) in [6, 6.07) is 14.3. The number of ketones is 1. The zero-order valence-corrected chi connectivity index (χ0v) is 10.3. The highest BCUT2D eigenvalue weighted by Gasteiger charge is 2.23. The number of hydrogen-bond acceptors (Lipinski definition) is 2. The largest absolute Gasteiger partial charge is 0.370 e. The molecule has 92 valence electrons. The van der Waals surface area contributed by atoms with E-state index in [9.17, 15) is 4.79 Å². The van der Waals surface area contributed by atoms with Crippen LogP contribution in [0.3, 0.4) is 0 Å². The van der Waals surface area contributed by atoms with Gasteiger partial charge in [-0.25, -0.2) is 0 Å². The molecule has 3 rings (SSSR count). The lowest BCUT2D eigenvalue weighted by Crippen LogP contribution is -2.21. The SMILES string of the molecule is O=C(Cc1cccc2ccccc12)C1CCCO1. The minimum absolute atomic E-state index is 0.177. The van der Waals surface area contributed by atoms with Crippen molar-refractivity contribution >= 4 is 16.6 Å². The summed E-state index contributed by atoms with van der Waals surface area (Å²) in [5.74, 6) is 0.212. The van der Waals surface area contributed by atoms with Gasteiger partial charge in [0.15, 0.2) is 5.78 Å². The van der Waals surface area contributed by atoms with E-state index in [1.54, 1.807) is 0 Å². The van der Waals surface area contributed by atoms with Crippen LogP contribution in [-0.4, -0.2) is 18.5 Å². The first-order valence-electron chi connectivity index (χ1n) is 6.45. The Morgan fingerprint density at radius 2 is 2.00 bits per heavy atom. The van der Waals surface area contributed by atoms with Gasteiger partial charge in [-0.3, -0.25) is 4.79 Å². The van der Waals surface area contributed by atoms with Crippen LogP contribution in [0.4, 0.5) is 0 Å². The molecular formula is C16H16O2.